The second-order valence-electron chi connectivity index (χ2n) is 3.50. The van der Waals surface area contributed by atoms with Gasteiger partial charge in [0, 0.05) is 30.2 Å². The summed E-state index contributed by atoms with van der Waals surface area (Å²) in [5, 5.41) is 9.36. The zero-order valence-corrected chi connectivity index (χ0v) is 8.41. The Bertz CT molecular complexity index is 631. The third-order valence-corrected chi connectivity index (χ3v) is 2.44. The molecule has 3 rings (SSSR count). The first-order chi connectivity index (χ1) is 7.84. The lowest BCUT2D eigenvalue weighted by atomic mass is 10.3. The van der Waals surface area contributed by atoms with Crippen LogP contribution in [-0.2, 0) is 0 Å². The second-order valence-corrected chi connectivity index (χ2v) is 3.50. The Labute approximate surface area is 91.8 Å². The van der Waals surface area contributed by atoms with Crippen molar-refractivity contribution in [1.29, 1.82) is 0 Å². The third kappa shape index (κ3) is 1.32. The van der Waals surface area contributed by atoms with Crippen molar-refractivity contribution < 1.29 is 5.11 Å². The summed E-state index contributed by atoms with van der Waals surface area (Å²) in [6.45, 7) is 0. The first-order valence-electron chi connectivity index (χ1n) is 4.91. The SMILES string of the molecule is Oc1ccn2c(-c3cccnc3)ncc2c1. The standard InChI is InChI=1S/C12H9N3O/c16-11-3-5-15-10(6-11)8-14-12(15)9-2-1-4-13-7-9/h1-8,16H. The third-order valence-electron chi connectivity index (χ3n) is 2.44. The number of rotatable bonds is 1. The number of pyridine rings is 2. The smallest absolute Gasteiger partial charge is 0.146 e. The Balaban J connectivity index is 2.26. The van der Waals surface area contributed by atoms with Gasteiger partial charge in [-0.05, 0) is 18.2 Å². The number of hydrogen-bond donors (Lipinski definition) is 1. The first-order valence-corrected chi connectivity index (χ1v) is 4.91. The highest BCUT2D eigenvalue weighted by Crippen LogP contribution is 2.20. The maximum absolute atomic E-state index is 9.36. The van der Waals surface area contributed by atoms with E-state index in [1.54, 1.807) is 36.9 Å². The van der Waals surface area contributed by atoms with Crippen LogP contribution in [-0.4, -0.2) is 19.5 Å². The van der Waals surface area contributed by atoms with Crippen molar-refractivity contribution in [2.45, 2.75) is 0 Å². The van der Waals surface area contributed by atoms with Gasteiger partial charge in [0.25, 0.3) is 0 Å². The predicted molar refractivity (Wildman–Crippen MR) is 60.1 cm³/mol. The molecular weight excluding hydrogens is 202 g/mol. The van der Waals surface area contributed by atoms with Crippen molar-refractivity contribution in [3.05, 3.63) is 49.1 Å². The van der Waals surface area contributed by atoms with Gasteiger partial charge < -0.3 is 5.11 Å². The normalized spacial score (nSPS) is 10.8. The summed E-state index contributed by atoms with van der Waals surface area (Å²) in [7, 11) is 0. The lowest BCUT2D eigenvalue weighted by Crippen LogP contribution is -1.88. The molecular formula is C12H9N3O. The number of aromatic nitrogens is 3. The number of hydrogen-bond acceptors (Lipinski definition) is 3. The average Bonchev–Trinajstić information content (AvgIpc) is 2.73. The molecule has 0 aliphatic heterocycles. The van der Waals surface area contributed by atoms with Crippen LogP contribution in [0.4, 0.5) is 0 Å². The van der Waals surface area contributed by atoms with Crippen LogP contribution in [0.3, 0.4) is 0 Å². The van der Waals surface area contributed by atoms with E-state index in [1.807, 2.05) is 16.5 Å². The molecule has 0 aromatic carbocycles. The van der Waals surface area contributed by atoms with E-state index in [0.29, 0.717) is 0 Å². The van der Waals surface area contributed by atoms with Crippen molar-refractivity contribution in [2.75, 3.05) is 0 Å². The summed E-state index contributed by atoms with van der Waals surface area (Å²) in [5.74, 6) is 1.06. The number of imidazole rings is 1. The summed E-state index contributed by atoms with van der Waals surface area (Å²) in [6.07, 6.45) is 7.01. The Morgan fingerprint density at radius 2 is 2.12 bits per heavy atom. The average molecular weight is 211 g/mol. The molecule has 0 unspecified atom stereocenters. The first kappa shape index (κ1) is 8.91. The van der Waals surface area contributed by atoms with Crippen molar-refractivity contribution in [2.24, 2.45) is 0 Å². The zero-order chi connectivity index (χ0) is 11.0. The van der Waals surface area contributed by atoms with Gasteiger partial charge >= 0.3 is 0 Å². The van der Waals surface area contributed by atoms with E-state index in [1.165, 1.54) is 0 Å². The summed E-state index contributed by atoms with van der Waals surface area (Å²) < 4.78 is 1.91. The molecule has 0 spiro atoms. The van der Waals surface area contributed by atoms with E-state index in [9.17, 15) is 5.11 Å². The Kier molecular flexibility index (Phi) is 1.86. The van der Waals surface area contributed by atoms with Crippen molar-refractivity contribution >= 4 is 5.52 Å². The summed E-state index contributed by atoms with van der Waals surface area (Å²) in [6, 6.07) is 7.13. The maximum Gasteiger partial charge on any atom is 0.146 e. The van der Waals surface area contributed by atoms with Gasteiger partial charge in [0.2, 0.25) is 0 Å². The minimum Gasteiger partial charge on any atom is -0.508 e. The van der Waals surface area contributed by atoms with Gasteiger partial charge in [-0.2, -0.15) is 0 Å². The molecule has 3 aromatic heterocycles. The molecule has 16 heavy (non-hydrogen) atoms. The van der Waals surface area contributed by atoms with Crippen LogP contribution in [0, 0.1) is 0 Å². The molecule has 0 fully saturated rings. The molecule has 4 nitrogen and oxygen atoms in total. The Morgan fingerprint density at radius 1 is 1.19 bits per heavy atom. The van der Waals surface area contributed by atoms with Gasteiger partial charge in [-0.25, -0.2) is 4.98 Å². The van der Waals surface area contributed by atoms with Gasteiger partial charge in [-0.3, -0.25) is 9.38 Å². The monoisotopic (exact) mass is 211 g/mol. The van der Waals surface area contributed by atoms with Crippen molar-refractivity contribution in [3.8, 4) is 17.1 Å². The van der Waals surface area contributed by atoms with Gasteiger partial charge in [-0.15, -0.1) is 0 Å². The molecule has 0 radical (unpaired) electrons. The van der Waals surface area contributed by atoms with Crippen LogP contribution < -0.4 is 0 Å². The van der Waals surface area contributed by atoms with Crippen LogP contribution in [0.5, 0.6) is 5.75 Å². The van der Waals surface area contributed by atoms with Crippen molar-refractivity contribution in [1.82, 2.24) is 14.4 Å². The molecule has 3 aromatic rings. The highest BCUT2D eigenvalue weighted by atomic mass is 16.3. The lowest BCUT2D eigenvalue weighted by molar-refractivity contribution is 0.475. The van der Waals surface area contributed by atoms with Gasteiger partial charge in [0.15, 0.2) is 0 Å². The highest BCUT2D eigenvalue weighted by molar-refractivity contribution is 5.62. The fourth-order valence-electron chi connectivity index (χ4n) is 1.70. The number of nitrogens with zero attached hydrogens (tertiary/aromatic N) is 3. The molecule has 4 heteroatoms. The van der Waals surface area contributed by atoms with Gasteiger partial charge in [-0.1, -0.05) is 0 Å². The molecule has 0 saturated carbocycles. The van der Waals surface area contributed by atoms with Crippen LogP contribution in [0.2, 0.25) is 0 Å². The summed E-state index contributed by atoms with van der Waals surface area (Å²) >= 11 is 0. The molecule has 3 heterocycles. The molecule has 0 amide bonds. The number of aromatic hydroxyl groups is 1. The second kappa shape index (κ2) is 3.34. The van der Waals surface area contributed by atoms with E-state index in [4.69, 9.17) is 0 Å². The highest BCUT2D eigenvalue weighted by Gasteiger charge is 2.05. The van der Waals surface area contributed by atoms with E-state index in [-0.39, 0.29) is 5.75 Å². The van der Waals surface area contributed by atoms with Crippen LogP contribution >= 0.6 is 0 Å². The molecule has 0 atom stereocenters. The summed E-state index contributed by atoms with van der Waals surface area (Å²) in [5.41, 5.74) is 1.81. The molecule has 0 bridgehead atoms. The molecule has 0 saturated heterocycles. The predicted octanol–water partition coefficient (Wildman–Crippen LogP) is 2.10. The van der Waals surface area contributed by atoms with Crippen LogP contribution in [0.25, 0.3) is 16.9 Å². The number of fused-ring (bicyclic) bond motifs is 1. The fraction of sp³-hybridized carbons (Fsp3) is 0. The minimum absolute atomic E-state index is 0.241. The summed E-state index contributed by atoms with van der Waals surface area (Å²) in [4.78, 5) is 8.38. The van der Waals surface area contributed by atoms with E-state index >= 15 is 0 Å². The van der Waals surface area contributed by atoms with E-state index in [0.717, 1.165) is 16.9 Å². The Morgan fingerprint density at radius 3 is 2.94 bits per heavy atom. The maximum atomic E-state index is 9.36. The van der Waals surface area contributed by atoms with E-state index < -0.39 is 0 Å². The Hall–Kier alpha value is -2.36. The topological polar surface area (TPSA) is 50.4 Å². The molecule has 0 aliphatic carbocycles. The largest absolute Gasteiger partial charge is 0.508 e. The molecule has 78 valence electrons. The van der Waals surface area contributed by atoms with Crippen molar-refractivity contribution in [3.63, 3.8) is 0 Å². The van der Waals surface area contributed by atoms with Gasteiger partial charge in [0.05, 0.1) is 11.7 Å². The molecule has 0 aliphatic rings. The van der Waals surface area contributed by atoms with Crippen LogP contribution in [0.15, 0.2) is 49.1 Å². The fourth-order valence-corrected chi connectivity index (χ4v) is 1.70. The van der Waals surface area contributed by atoms with E-state index in [2.05, 4.69) is 9.97 Å². The zero-order valence-electron chi connectivity index (χ0n) is 8.41. The minimum atomic E-state index is 0.241. The van der Waals surface area contributed by atoms with Crippen LogP contribution in [0.1, 0.15) is 0 Å². The van der Waals surface area contributed by atoms with Gasteiger partial charge in [0.1, 0.15) is 11.6 Å². The lowest BCUT2D eigenvalue weighted by Gasteiger charge is -2.00. The molecule has 1 N–H and O–H groups in total. The quantitative estimate of drug-likeness (QED) is 0.670.